The molecular formula is C13H23NOS2. The quantitative estimate of drug-likeness (QED) is 0.850. The van der Waals surface area contributed by atoms with Gasteiger partial charge in [-0.3, -0.25) is 0 Å². The van der Waals surface area contributed by atoms with E-state index in [2.05, 4.69) is 55.7 Å². The topological polar surface area (TPSA) is 21.3 Å². The van der Waals surface area contributed by atoms with Gasteiger partial charge in [0.1, 0.15) is 5.76 Å². The van der Waals surface area contributed by atoms with E-state index < -0.39 is 0 Å². The zero-order valence-corrected chi connectivity index (χ0v) is 12.6. The molecule has 4 atom stereocenters. The molecule has 0 aliphatic carbocycles. The van der Waals surface area contributed by atoms with Crippen LogP contribution in [0.5, 0.6) is 0 Å². The van der Waals surface area contributed by atoms with Gasteiger partial charge in [0, 0.05) is 27.9 Å². The Bertz CT molecular complexity index is 283. The van der Waals surface area contributed by atoms with Crippen molar-refractivity contribution in [3.63, 3.8) is 0 Å². The summed E-state index contributed by atoms with van der Waals surface area (Å²) in [6.45, 7) is 8.74. The minimum absolute atomic E-state index is 0.412. The summed E-state index contributed by atoms with van der Waals surface area (Å²) in [7, 11) is 0. The van der Waals surface area contributed by atoms with Crippen molar-refractivity contribution in [3.8, 4) is 0 Å². The number of thioether (sulfide) groups is 2. The third-order valence-electron chi connectivity index (χ3n) is 3.41. The molecule has 1 fully saturated rings. The average molecular weight is 273 g/mol. The molecule has 4 heteroatoms. The Morgan fingerprint density at radius 2 is 2.29 bits per heavy atom. The van der Waals surface area contributed by atoms with Crippen LogP contribution in [0.4, 0.5) is 0 Å². The lowest BCUT2D eigenvalue weighted by atomic mass is 10.1. The summed E-state index contributed by atoms with van der Waals surface area (Å²) >= 11 is 4.23. The van der Waals surface area contributed by atoms with Crippen LogP contribution in [0.25, 0.3) is 0 Å². The van der Waals surface area contributed by atoms with Crippen molar-refractivity contribution in [1.29, 1.82) is 0 Å². The summed E-state index contributed by atoms with van der Waals surface area (Å²) in [4.78, 5) is 0. The van der Waals surface area contributed by atoms with E-state index in [1.807, 2.05) is 0 Å². The summed E-state index contributed by atoms with van der Waals surface area (Å²) < 4.78 is 5.76. The highest BCUT2D eigenvalue weighted by atomic mass is 32.2. The van der Waals surface area contributed by atoms with Gasteiger partial charge < -0.3 is 10.1 Å². The van der Waals surface area contributed by atoms with Crippen LogP contribution in [-0.2, 0) is 4.74 Å². The Balaban J connectivity index is 2.00. The number of ether oxygens (including phenoxy) is 1. The number of rotatable bonds is 4. The van der Waals surface area contributed by atoms with Crippen molar-refractivity contribution in [1.82, 2.24) is 5.32 Å². The first-order chi connectivity index (χ1) is 8.22. The highest BCUT2D eigenvalue weighted by Crippen LogP contribution is 2.38. The molecule has 2 aliphatic heterocycles. The van der Waals surface area contributed by atoms with E-state index in [4.69, 9.17) is 4.74 Å². The van der Waals surface area contributed by atoms with Crippen molar-refractivity contribution in [2.24, 2.45) is 0 Å². The number of nitrogens with one attached hydrogen (secondary N) is 1. The Labute approximate surface area is 113 Å². The first-order valence-electron chi connectivity index (χ1n) is 6.55. The zero-order chi connectivity index (χ0) is 12.3. The van der Waals surface area contributed by atoms with Gasteiger partial charge in [-0.15, -0.1) is 0 Å². The van der Waals surface area contributed by atoms with Gasteiger partial charge in [-0.05, 0) is 12.6 Å². The van der Waals surface area contributed by atoms with Gasteiger partial charge in [0.25, 0.3) is 0 Å². The molecule has 0 saturated carbocycles. The molecule has 2 nitrogen and oxygen atoms in total. The van der Waals surface area contributed by atoms with E-state index >= 15 is 0 Å². The first-order valence-corrected chi connectivity index (χ1v) is 8.54. The van der Waals surface area contributed by atoms with Crippen LogP contribution in [0, 0.1) is 0 Å². The van der Waals surface area contributed by atoms with Crippen molar-refractivity contribution in [2.45, 2.75) is 49.0 Å². The molecule has 2 rings (SSSR count). The number of hydrogen-bond donors (Lipinski definition) is 1. The molecule has 1 N–H and O–H groups in total. The maximum absolute atomic E-state index is 5.76. The average Bonchev–Trinajstić information content (AvgIpc) is 2.83. The Morgan fingerprint density at radius 1 is 1.47 bits per heavy atom. The standard InChI is InChI=1S/C13H23NOS2/c1-4-14-13(11-6-5-7-15-11)12-8-16-9(2)10(3)17-12/h6,9-10,12-14H,4-5,7-8H2,1-3H3. The normalized spacial score (nSPS) is 35.2. The van der Waals surface area contributed by atoms with Crippen LogP contribution in [0.15, 0.2) is 11.8 Å². The van der Waals surface area contributed by atoms with Gasteiger partial charge in [-0.25, -0.2) is 0 Å². The van der Waals surface area contributed by atoms with Crippen LogP contribution in [0.3, 0.4) is 0 Å². The molecule has 0 spiro atoms. The Kier molecular flexibility index (Phi) is 5.12. The fourth-order valence-electron chi connectivity index (χ4n) is 2.27. The lowest BCUT2D eigenvalue weighted by Crippen LogP contribution is -2.44. The van der Waals surface area contributed by atoms with Crippen molar-refractivity contribution >= 4 is 23.5 Å². The van der Waals surface area contributed by atoms with Crippen LogP contribution in [-0.4, -0.2) is 40.7 Å². The molecule has 0 aromatic heterocycles. The van der Waals surface area contributed by atoms with Gasteiger partial charge in [-0.1, -0.05) is 20.8 Å². The van der Waals surface area contributed by atoms with Gasteiger partial charge in [0.2, 0.25) is 0 Å². The Hall–Kier alpha value is 0.200. The molecule has 2 aliphatic rings. The van der Waals surface area contributed by atoms with E-state index in [1.54, 1.807) is 0 Å². The SMILES string of the molecule is CCNC(C1=CCCO1)C1CSC(C)C(C)S1. The highest BCUT2D eigenvalue weighted by molar-refractivity contribution is 8.07. The fraction of sp³-hybridized carbons (Fsp3) is 0.846. The molecule has 2 heterocycles. The fourth-order valence-corrected chi connectivity index (χ4v) is 5.37. The number of likely N-dealkylation sites (N-methyl/N-ethyl adjacent to an activating group) is 1. The van der Waals surface area contributed by atoms with Crippen LogP contribution >= 0.6 is 23.5 Å². The van der Waals surface area contributed by atoms with E-state index in [-0.39, 0.29) is 0 Å². The predicted octanol–water partition coefficient (Wildman–Crippen LogP) is 2.89. The van der Waals surface area contributed by atoms with E-state index in [0.717, 1.165) is 30.1 Å². The minimum Gasteiger partial charge on any atom is -0.496 e. The summed E-state index contributed by atoms with van der Waals surface area (Å²) in [6.07, 6.45) is 3.34. The third-order valence-corrected chi connectivity index (χ3v) is 6.90. The predicted molar refractivity (Wildman–Crippen MR) is 78.9 cm³/mol. The first kappa shape index (κ1) is 13.6. The lowest BCUT2D eigenvalue weighted by molar-refractivity contribution is 0.215. The van der Waals surface area contributed by atoms with Crippen LogP contribution < -0.4 is 5.32 Å². The molecule has 0 bridgehead atoms. The third kappa shape index (κ3) is 3.36. The van der Waals surface area contributed by atoms with E-state index in [1.165, 1.54) is 11.5 Å². The monoisotopic (exact) mass is 273 g/mol. The molecule has 0 amide bonds. The second-order valence-electron chi connectivity index (χ2n) is 4.70. The van der Waals surface area contributed by atoms with Crippen LogP contribution in [0.2, 0.25) is 0 Å². The van der Waals surface area contributed by atoms with Crippen LogP contribution in [0.1, 0.15) is 27.2 Å². The van der Waals surface area contributed by atoms with Gasteiger partial charge in [0.15, 0.2) is 0 Å². The molecule has 1 saturated heterocycles. The van der Waals surface area contributed by atoms with Crippen molar-refractivity contribution < 1.29 is 4.74 Å². The van der Waals surface area contributed by atoms with Gasteiger partial charge >= 0.3 is 0 Å². The summed E-state index contributed by atoms with van der Waals surface area (Å²) in [6, 6.07) is 0.412. The van der Waals surface area contributed by atoms with Gasteiger partial charge in [-0.2, -0.15) is 23.5 Å². The minimum atomic E-state index is 0.412. The molecular weight excluding hydrogens is 250 g/mol. The van der Waals surface area contributed by atoms with E-state index in [9.17, 15) is 0 Å². The van der Waals surface area contributed by atoms with Gasteiger partial charge in [0.05, 0.1) is 12.6 Å². The Morgan fingerprint density at radius 3 is 2.88 bits per heavy atom. The van der Waals surface area contributed by atoms with E-state index in [0.29, 0.717) is 11.3 Å². The molecule has 17 heavy (non-hydrogen) atoms. The second kappa shape index (κ2) is 6.39. The highest BCUT2D eigenvalue weighted by Gasteiger charge is 2.34. The molecule has 0 aromatic carbocycles. The summed E-state index contributed by atoms with van der Waals surface area (Å²) in [5.74, 6) is 2.42. The maximum atomic E-state index is 5.76. The number of hydrogen-bond acceptors (Lipinski definition) is 4. The largest absolute Gasteiger partial charge is 0.496 e. The summed E-state index contributed by atoms with van der Waals surface area (Å²) in [5, 5.41) is 5.76. The van der Waals surface area contributed by atoms with Crippen molar-refractivity contribution in [2.75, 3.05) is 18.9 Å². The molecule has 0 radical (unpaired) electrons. The summed E-state index contributed by atoms with van der Waals surface area (Å²) in [5.41, 5.74) is 0. The molecule has 98 valence electrons. The maximum Gasteiger partial charge on any atom is 0.110 e. The smallest absolute Gasteiger partial charge is 0.110 e. The zero-order valence-electron chi connectivity index (χ0n) is 10.9. The lowest BCUT2D eigenvalue weighted by Gasteiger charge is -2.36. The van der Waals surface area contributed by atoms with Crippen molar-refractivity contribution in [3.05, 3.63) is 11.8 Å². The molecule has 4 unspecified atom stereocenters. The second-order valence-corrected chi connectivity index (χ2v) is 7.73. The molecule has 0 aromatic rings.